The zero-order valence-corrected chi connectivity index (χ0v) is 25.7. The lowest BCUT2D eigenvalue weighted by molar-refractivity contribution is -0.127. The molecule has 0 bridgehead atoms. The number of carbonyl (C=O) groups is 1. The van der Waals surface area contributed by atoms with Crippen molar-refractivity contribution in [3.63, 3.8) is 0 Å². The van der Waals surface area contributed by atoms with Gasteiger partial charge in [0.2, 0.25) is 5.90 Å². The van der Waals surface area contributed by atoms with Crippen molar-refractivity contribution < 1.29 is 42.0 Å². The van der Waals surface area contributed by atoms with Crippen LogP contribution in [0.1, 0.15) is 24.0 Å². The van der Waals surface area contributed by atoms with E-state index in [2.05, 4.69) is 15.8 Å². The maximum Gasteiger partial charge on any atom is 0.265 e. The number of benzene rings is 3. The van der Waals surface area contributed by atoms with E-state index >= 15 is 0 Å². The number of amides is 1. The van der Waals surface area contributed by atoms with Gasteiger partial charge in [-0.3, -0.25) is 10.2 Å². The smallest absolute Gasteiger partial charge is 0.265 e. The van der Waals surface area contributed by atoms with Gasteiger partial charge < -0.3 is 28.8 Å². The van der Waals surface area contributed by atoms with Crippen molar-refractivity contribution in [3.8, 4) is 23.0 Å². The summed E-state index contributed by atoms with van der Waals surface area (Å²) in [6.45, 7) is 0.358. The molecule has 0 fully saturated rings. The maximum absolute atomic E-state index is 13.7. The number of ether oxygens (including phenoxy) is 5. The molecule has 3 aromatic rings. The van der Waals surface area contributed by atoms with Crippen LogP contribution in [0.4, 0.5) is 0 Å². The number of methoxy groups -OCH3 is 3. The van der Waals surface area contributed by atoms with Gasteiger partial charge in [-0.05, 0) is 42.8 Å². The largest absolute Gasteiger partial charge is 0.496 e. The van der Waals surface area contributed by atoms with Crippen molar-refractivity contribution in [2.24, 2.45) is 4.99 Å². The molecule has 1 aliphatic rings. The van der Waals surface area contributed by atoms with E-state index in [9.17, 15) is 13.2 Å². The molecule has 0 spiro atoms. The highest BCUT2D eigenvalue weighted by molar-refractivity contribution is 7.91. The lowest BCUT2D eigenvalue weighted by atomic mass is 9.98. The van der Waals surface area contributed by atoms with E-state index in [0.29, 0.717) is 47.2 Å². The second-order valence-corrected chi connectivity index (χ2v) is 12.0. The van der Waals surface area contributed by atoms with Crippen LogP contribution in [0.3, 0.4) is 0 Å². The number of hydrogen-bond acceptors (Lipinski definition) is 11. The van der Waals surface area contributed by atoms with Crippen LogP contribution in [-0.2, 0) is 25.9 Å². The van der Waals surface area contributed by atoms with Crippen molar-refractivity contribution in [1.82, 2.24) is 10.9 Å². The van der Waals surface area contributed by atoms with E-state index in [-0.39, 0.29) is 42.7 Å². The van der Waals surface area contributed by atoms with Crippen molar-refractivity contribution in [2.45, 2.75) is 29.8 Å². The van der Waals surface area contributed by atoms with Crippen molar-refractivity contribution in [3.05, 3.63) is 77.9 Å². The first kappa shape index (κ1) is 32.6. The van der Waals surface area contributed by atoms with Gasteiger partial charge in [-0.1, -0.05) is 18.2 Å². The van der Waals surface area contributed by atoms with Gasteiger partial charge in [0.05, 0.1) is 44.1 Å². The molecule has 1 heterocycles. The summed E-state index contributed by atoms with van der Waals surface area (Å²) in [7, 11) is 0.845. The number of hydrogen-bond donors (Lipinski definition) is 3. The molecule has 0 saturated carbocycles. The van der Waals surface area contributed by atoms with Gasteiger partial charge in [-0.2, -0.15) is 0 Å². The lowest BCUT2D eigenvalue weighted by Gasteiger charge is -2.23. The fourth-order valence-corrected chi connectivity index (χ4v) is 5.94. The molecule has 0 unspecified atom stereocenters. The summed E-state index contributed by atoms with van der Waals surface area (Å²) in [5.41, 5.74) is 5.27. The highest BCUT2D eigenvalue weighted by atomic mass is 32.2. The number of aliphatic imine (C=N–C) groups is 1. The normalized spacial score (nSPS) is 16.0. The summed E-state index contributed by atoms with van der Waals surface area (Å²) in [6.07, 6.45) is 0.381. The Balaban J connectivity index is 1.55. The molecule has 0 aliphatic carbocycles. The monoisotopic (exact) mass is 627 g/mol. The predicted molar refractivity (Wildman–Crippen MR) is 163 cm³/mol. The van der Waals surface area contributed by atoms with Gasteiger partial charge in [0.25, 0.3) is 5.91 Å². The van der Waals surface area contributed by atoms with Crippen LogP contribution in [0.15, 0.2) is 76.6 Å². The second kappa shape index (κ2) is 14.9. The van der Waals surface area contributed by atoms with Gasteiger partial charge in [-0.15, -0.1) is 0 Å². The number of aliphatic hydroxyl groups excluding tert-OH is 1. The fourth-order valence-electron chi connectivity index (χ4n) is 4.53. The molecule has 44 heavy (non-hydrogen) atoms. The van der Waals surface area contributed by atoms with Crippen LogP contribution in [0, 0.1) is 0 Å². The predicted octanol–water partition coefficient (Wildman–Crippen LogP) is 2.67. The quantitative estimate of drug-likeness (QED) is 0.160. The summed E-state index contributed by atoms with van der Waals surface area (Å²) >= 11 is 0. The number of aliphatic hydroxyl groups is 1. The van der Waals surface area contributed by atoms with Crippen molar-refractivity contribution in [2.75, 3.05) is 46.9 Å². The molecule has 1 amide bonds. The average Bonchev–Trinajstić information content (AvgIpc) is 3.50. The SMILES string of the molecule is COc1cc(OC)c(CNNC(=O)[C@]2(CCS(=O)(=O)c3ccccc3)COC(c3ccc(OCCCO)cc3)=N2)c(OC)c1. The Kier molecular flexibility index (Phi) is 11.0. The molecule has 3 aromatic carbocycles. The molecule has 12 nitrogen and oxygen atoms in total. The molecule has 3 N–H and O–H groups in total. The molecule has 1 atom stereocenters. The third-order valence-electron chi connectivity index (χ3n) is 7.03. The van der Waals surface area contributed by atoms with Gasteiger partial charge >= 0.3 is 0 Å². The zero-order valence-electron chi connectivity index (χ0n) is 24.9. The average molecular weight is 628 g/mol. The fraction of sp³-hybridized carbons (Fsp3) is 0.355. The van der Waals surface area contributed by atoms with Gasteiger partial charge in [-0.25, -0.2) is 18.8 Å². The summed E-state index contributed by atoms with van der Waals surface area (Å²) < 4.78 is 54.0. The Hall–Kier alpha value is -4.33. The van der Waals surface area contributed by atoms with Crippen LogP contribution >= 0.6 is 0 Å². The Morgan fingerprint density at radius 3 is 2.27 bits per heavy atom. The van der Waals surface area contributed by atoms with Crippen LogP contribution in [0.25, 0.3) is 0 Å². The van der Waals surface area contributed by atoms with Crippen LogP contribution in [-0.4, -0.2) is 77.8 Å². The summed E-state index contributed by atoms with van der Waals surface area (Å²) in [6, 6.07) is 18.4. The number of hydrazine groups is 1. The molecule has 1 aliphatic heterocycles. The number of carbonyl (C=O) groups excluding carboxylic acids is 1. The third kappa shape index (κ3) is 7.78. The Morgan fingerprint density at radius 2 is 1.66 bits per heavy atom. The highest BCUT2D eigenvalue weighted by Gasteiger charge is 2.45. The second-order valence-electron chi connectivity index (χ2n) is 9.89. The third-order valence-corrected chi connectivity index (χ3v) is 8.76. The number of sulfone groups is 1. The minimum absolute atomic E-state index is 0.0307. The molecule has 4 rings (SSSR count). The van der Waals surface area contributed by atoms with Crippen molar-refractivity contribution >= 4 is 21.6 Å². The Morgan fingerprint density at radius 1 is 0.977 bits per heavy atom. The summed E-state index contributed by atoms with van der Waals surface area (Å²) in [4.78, 5) is 18.5. The number of rotatable bonds is 16. The van der Waals surface area contributed by atoms with Crippen molar-refractivity contribution in [1.29, 1.82) is 0 Å². The minimum Gasteiger partial charge on any atom is -0.496 e. The molecular formula is C31H37N3O9S. The van der Waals surface area contributed by atoms with Gasteiger partial charge in [0.1, 0.15) is 29.6 Å². The highest BCUT2D eigenvalue weighted by Crippen LogP contribution is 2.34. The van der Waals surface area contributed by atoms with Crippen LogP contribution in [0.5, 0.6) is 23.0 Å². The molecule has 13 heteroatoms. The number of nitrogens with one attached hydrogen (secondary N) is 2. The van der Waals surface area contributed by atoms with E-state index in [0.717, 1.165) is 0 Å². The first-order chi connectivity index (χ1) is 21.2. The van der Waals surface area contributed by atoms with E-state index in [1.165, 1.54) is 33.5 Å². The molecular weight excluding hydrogens is 590 g/mol. The summed E-state index contributed by atoms with van der Waals surface area (Å²) in [5.74, 6) is 1.43. The van der Waals surface area contributed by atoms with Crippen LogP contribution < -0.4 is 29.8 Å². The van der Waals surface area contributed by atoms with Gasteiger partial charge in [0, 0.05) is 37.3 Å². The molecule has 236 valence electrons. The minimum atomic E-state index is -3.71. The zero-order chi connectivity index (χ0) is 31.6. The van der Waals surface area contributed by atoms with Gasteiger partial charge in [0.15, 0.2) is 15.4 Å². The lowest BCUT2D eigenvalue weighted by Crippen LogP contribution is -2.52. The van der Waals surface area contributed by atoms with E-state index in [1.54, 1.807) is 54.6 Å². The standard InChI is InChI=1S/C31H37N3O9S/c1-39-24-18-27(40-2)26(28(19-24)41-3)20-32-34-30(36)31(14-17-44(37,38)25-8-5-4-6-9-25)21-43-29(33-31)22-10-12-23(13-11-22)42-16-7-15-35/h4-6,8-13,18-19,32,35H,7,14-17,20-21H2,1-3H3,(H,34,36)/t31-/m0/s1. The first-order valence-electron chi connectivity index (χ1n) is 13.9. The topological polar surface area (TPSA) is 154 Å². The van der Waals surface area contributed by atoms with E-state index in [4.69, 9.17) is 28.8 Å². The van der Waals surface area contributed by atoms with E-state index in [1.807, 2.05) is 0 Å². The Labute approximate surface area is 256 Å². The first-order valence-corrected chi connectivity index (χ1v) is 15.6. The van der Waals surface area contributed by atoms with E-state index < -0.39 is 21.3 Å². The number of nitrogens with zero attached hydrogens (tertiary/aromatic N) is 1. The Bertz CT molecular complexity index is 1520. The maximum atomic E-state index is 13.7. The van der Waals surface area contributed by atoms with Crippen LogP contribution in [0.2, 0.25) is 0 Å². The molecule has 0 saturated heterocycles. The summed E-state index contributed by atoms with van der Waals surface area (Å²) in [5, 5.41) is 8.96. The molecule has 0 radical (unpaired) electrons. The molecule has 0 aromatic heterocycles.